The van der Waals surface area contributed by atoms with Gasteiger partial charge in [-0.2, -0.15) is 0 Å². The molecule has 0 atom stereocenters. The van der Waals surface area contributed by atoms with Gasteiger partial charge in [0.15, 0.2) is 5.82 Å². The summed E-state index contributed by atoms with van der Waals surface area (Å²) in [4.78, 5) is 8.95. The topological polar surface area (TPSA) is 45.4 Å². The van der Waals surface area contributed by atoms with Crippen LogP contribution in [0, 0.1) is 0 Å². The Morgan fingerprint density at radius 1 is 1.38 bits per heavy atom. The van der Waals surface area contributed by atoms with Crippen LogP contribution < -0.4 is 10.6 Å². The smallest absolute Gasteiger partial charge is 0.151 e. The molecule has 1 aromatic heterocycles. The number of nitrogen functional groups attached to an aromatic ring is 1. The van der Waals surface area contributed by atoms with Gasteiger partial charge in [0.05, 0.1) is 5.69 Å². The standard InChI is InChI=1S/C12H20N4/c1-15(2)10-5-8-16(9-6-10)12-11(13)4-3-7-14-12/h3-4,7,10H,5-6,8-9,13H2,1-2H3. The lowest BCUT2D eigenvalue weighted by Gasteiger charge is -2.36. The molecule has 2 heterocycles. The molecule has 1 aromatic rings. The summed E-state index contributed by atoms with van der Waals surface area (Å²) in [6.45, 7) is 2.09. The van der Waals surface area contributed by atoms with Gasteiger partial charge in [-0.25, -0.2) is 4.98 Å². The molecule has 0 aliphatic carbocycles. The number of hydrogen-bond acceptors (Lipinski definition) is 4. The van der Waals surface area contributed by atoms with Crippen molar-refractivity contribution in [3.05, 3.63) is 18.3 Å². The third-order valence-electron chi connectivity index (χ3n) is 3.31. The van der Waals surface area contributed by atoms with Gasteiger partial charge in [0.25, 0.3) is 0 Å². The van der Waals surface area contributed by atoms with Crippen molar-refractivity contribution < 1.29 is 0 Å². The van der Waals surface area contributed by atoms with E-state index >= 15 is 0 Å². The number of nitrogens with two attached hydrogens (primary N) is 1. The minimum Gasteiger partial charge on any atom is -0.396 e. The lowest BCUT2D eigenvalue weighted by Crippen LogP contribution is -2.42. The third-order valence-corrected chi connectivity index (χ3v) is 3.31. The fraction of sp³-hybridized carbons (Fsp3) is 0.583. The Morgan fingerprint density at radius 2 is 2.06 bits per heavy atom. The van der Waals surface area contributed by atoms with Crippen molar-refractivity contribution in [2.24, 2.45) is 0 Å². The van der Waals surface area contributed by atoms with Crippen molar-refractivity contribution >= 4 is 11.5 Å². The molecule has 0 aromatic carbocycles. The molecule has 1 aliphatic heterocycles. The van der Waals surface area contributed by atoms with Gasteiger partial charge in [0.2, 0.25) is 0 Å². The van der Waals surface area contributed by atoms with Crippen LogP contribution in [0.4, 0.5) is 11.5 Å². The Bertz CT molecular complexity index is 343. The van der Waals surface area contributed by atoms with Crippen LogP contribution in [0.3, 0.4) is 0 Å². The fourth-order valence-electron chi connectivity index (χ4n) is 2.27. The average molecular weight is 220 g/mol. The van der Waals surface area contributed by atoms with Crippen LogP contribution in [-0.2, 0) is 0 Å². The van der Waals surface area contributed by atoms with E-state index in [2.05, 4.69) is 28.9 Å². The first-order valence-electron chi connectivity index (χ1n) is 5.80. The lowest BCUT2D eigenvalue weighted by molar-refractivity contribution is 0.249. The number of anilines is 2. The number of aromatic nitrogens is 1. The van der Waals surface area contributed by atoms with E-state index in [0.717, 1.165) is 24.6 Å². The van der Waals surface area contributed by atoms with E-state index in [1.54, 1.807) is 0 Å². The van der Waals surface area contributed by atoms with E-state index in [1.807, 2.05) is 18.3 Å². The molecule has 0 amide bonds. The van der Waals surface area contributed by atoms with Crippen LogP contribution in [0.2, 0.25) is 0 Å². The Balaban J connectivity index is 2.02. The second kappa shape index (κ2) is 4.70. The zero-order valence-corrected chi connectivity index (χ0v) is 10.1. The zero-order chi connectivity index (χ0) is 11.5. The highest BCUT2D eigenvalue weighted by Gasteiger charge is 2.22. The largest absolute Gasteiger partial charge is 0.396 e. The van der Waals surface area contributed by atoms with Gasteiger partial charge in [0.1, 0.15) is 0 Å². The average Bonchev–Trinajstić information content (AvgIpc) is 2.30. The van der Waals surface area contributed by atoms with Crippen molar-refractivity contribution in [3.63, 3.8) is 0 Å². The van der Waals surface area contributed by atoms with Gasteiger partial charge in [0, 0.05) is 25.3 Å². The van der Waals surface area contributed by atoms with Gasteiger partial charge in [-0.1, -0.05) is 0 Å². The quantitative estimate of drug-likeness (QED) is 0.813. The molecule has 2 N–H and O–H groups in total. The molecule has 4 nitrogen and oxygen atoms in total. The summed E-state index contributed by atoms with van der Waals surface area (Å²) in [5, 5.41) is 0. The molecule has 0 bridgehead atoms. The summed E-state index contributed by atoms with van der Waals surface area (Å²) in [6, 6.07) is 4.49. The van der Waals surface area contributed by atoms with E-state index in [1.165, 1.54) is 12.8 Å². The maximum absolute atomic E-state index is 5.93. The molecule has 0 unspecified atom stereocenters. The van der Waals surface area contributed by atoms with Crippen LogP contribution in [-0.4, -0.2) is 43.1 Å². The highest BCUT2D eigenvalue weighted by Crippen LogP contribution is 2.24. The number of hydrogen-bond donors (Lipinski definition) is 1. The van der Waals surface area contributed by atoms with Gasteiger partial charge in [-0.15, -0.1) is 0 Å². The molecule has 0 radical (unpaired) electrons. The maximum atomic E-state index is 5.93. The molecule has 1 fully saturated rings. The second-order valence-corrected chi connectivity index (χ2v) is 4.60. The predicted octanol–water partition coefficient (Wildman–Crippen LogP) is 1.19. The lowest BCUT2D eigenvalue weighted by atomic mass is 10.0. The number of nitrogens with zero attached hydrogens (tertiary/aromatic N) is 3. The third kappa shape index (κ3) is 2.27. The SMILES string of the molecule is CN(C)C1CCN(c2ncccc2N)CC1. The number of rotatable bonds is 2. The number of pyridine rings is 1. The molecule has 4 heteroatoms. The van der Waals surface area contributed by atoms with E-state index < -0.39 is 0 Å². The van der Waals surface area contributed by atoms with Crippen LogP contribution >= 0.6 is 0 Å². The Hall–Kier alpha value is -1.29. The first-order valence-corrected chi connectivity index (χ1v) is 5.80. The highest BCUT2D eigenvalue weighted by atomic mass is 15.2. The van der Waals surface area contributed by atoms with E-state index in [9.17, 15) is 0 Å². The van der Waals surface area contributed by atoms with Gasteiger partial charge < -0.3 is 15.5 Å². The number of piperidine rings is 1. The summed E-state index contributed by atoms with van der Waals surface area (Å²) < 4.78 is 0. The van der Waals surface area contributed by atoms with E-state index in [-0.39, 0.29) is 0 Å². The summed E-state index contributed by atoms with van der Waals surface area (Å²) in [5.74, 6) is 0.944. The highest BCUT2D eigenvalue weighted by molar-refractivity contribution is 5.62. The maximum Gasteiger partial charge on any atom is 0.151 e. The Kier molecular flexibility index (Phi) is 3.29. The van der Waals surface area contributed by atoms with Crippen molar-refractivity contribution in [1.82, 2.24) is 9.88 Å². The Morgan fingerprint density at radius 3 is 2.62 bits per heavy atom. The normalized spacial score (nSPS) is 18.1. The molecule has 88 valence electrons. The fourth-order valence-corrected chi connectivity index (χ4v) is 2.27. The van der Waals surface area contributed by atoms with E-state index in [0.29, 0.717) is 6.04 Å². The first-order chi connectivity index (χ1) is 7.68. The second-order valence-electron chi connectivity index (χ2n) is 4.60. The van der Waals surface area contributed by atoms with Crippen molar-refractivity contribution in [1.29, 1.82) is 0 Å². The van der Waals surface area contributed by atoms with Crippen LogP contribution in [0.1, 0.15) is 12.8 Å². The van der Waals surface area contributed by atoms with Crippen molar-refractivity contribution in [2.45, 2.75) is 18.9 Å². The van der Waals surface area contributed by atoms with E-state index in [4.69, 9.17) is 5.73 Å². The van der Waals surface area contributed by atoms with Crippen molar-refractivity contribution in [2.75, 3.05) is 37.8 Å². The summed E-state index contributed by atoms with van der Waals surface area (Å²) >= 11 is 0. The molecule has 1 saturated heterocycles. The molecular formula is C12H20N4. The van der Waals surface area contributed by atoms with Gasteiger partial charge in [-0.05, 0) is 39.1 Å². The Labute approximate surface area is 97.1 Å². The molecule has 16 heavy (non-hydrogen) atoms. The summed E-state index contributed by atoms with van der Waals surface area (Å²) in [6.07, 6.45) is 4.18. The minimum atomic E-state index is 0.696. The summed E-state index contributed by atoms with van der Waals surface area (Å²) in [5.41, 5.74) is 6.71. The predicted molar refractivity (Wildman–Crippen MR) is 67.6 cm³/mol. The van der Waals surface area contributed by atoms with Crippen molar-refractivity contribution in [3.8, 4) is 0 Å². The zero-order valence-electron chi connectivity index (χ0n) is 10.1. The van der Waals surface area contributed by atoms with Crippen LogP contribution in [0.25, 0.3) is 0 Å². The molecule has 1 aliphatic rings. The summed E-state index contributed by atoms with van der Waals surface area (Å²) in [7, 11) is 4.30. The molecule has 2 rings (SSSR count). The monoisotopic (exact) mass is 220 g/mol. The van der Waals surface area contributed by atoms with Gasteiger partial charge in [-0.3, -0.25) is 0 Å². The van der Waals surface area contributed by atoms with Crippen LogP contribution in [0.5, 0.6) is 0 Å². The minimum absolute atomic E-state index is 0.696. The first kappa shape index (κ1) is 11.2. The van der Waals surface area contributed by atoms with Crippen LogP contribution in [0.15, 0.2) is 18.3 Å². The molecule has 0 saturated carbocycles. The molecule has 0 spiro atoms. The van der Waals surface area contributed by atoms with Gasteiger partial charge >= 0.3 is 0 Å². The molecular weight excluding hydrogens is 200 g/mol.